The van der Waals surface area contributed by atoms with Gasteiger partial charge in [-0.1, -0.05) is 5.16 Å². The zero-order chi connectivity index (χ0) is 18.2. The number of ketones is 1. The molecule has 2 aromatic rings. The number of aliphatic imine (C=N–C) groups is 1. The van der Waals surface area contributed by atoms with E-state index in [2.05, 4.69) is 35.9 Å². The molecule has 4 N–H and O–H groups in total. The number of hydrogen-bond donors (Lipinski definition) is 3. The lowest BCUT2D eigenvalue weighted by atomic mass is 10.1. The van der Waals surface area contributed by atoms with E-state index in [1.807, 2.05) is 5.48 Å². The first kappa shape index (κ1) is 19.2. The van der Waals surface area contributed by atoms with E-state index in [-0.39, 0.29) is 33.9 Å². The SMILES string of the molecule is NCCCCC(=O)Cc1nonc1C(=Nc1ccc(F)c(Br)c1)NO. The van der Waals surface area contributed by atoms with Crippen molar-refractivity contribution >= 4 is 33.2 Å². The maximum absolute atomic E-state index is 13.3. The molecule has 0 aliphatic rings. The van der Waals surface area contributed by atoms with Crippen LogP contribution in [0, 0.1) is 5.82 Å². The number of unbranched alkanes of at least 4 members (excludes halogenated alkanes) is 1. The predicted molar refractivity (Wildman–Crippen MR) is 91.1 cm³/mol. The van der Waals surface area contributed by atoms with Gasteiger partial charge in [-0.05, 0) is 58.7 Å². The highest BCUT2D eigenvalue weighted by Gasteiger charge is 2.19. The van der Waals surface area contributed by atoms with Crippen LogP contribution >= 0.6 is 15.9 Å². The van der Waals surface area contributed by atoms with Crippen molar-refractivity contribution in [3.8, 4) is 0 Å². The van der Waals surface area contributed by atoms with E-state index in [9.17, 15) is 14.4 Å². The molecule has 10 heteroatoms. The summed E-state index contributed by atoms with van der Waals surface area (Å²) < 4.78 is 18.2. The van der Waals surface area contributed by atoms with Gasteiger partial charge in [-0.2, -0.15) is 0 Å². The minimum atomic E-state index is -0.440. The second-order valence-corrected chi connectivity index (χ2v) is 6.05. The average Bonchev–Trinajstić information content (AvgIpc) is 3.04. The van der Waals surface area contributed by atoms with Crippen molar-refractivity contribution in [3.05, 3.63) is 39.9 Å². The van der Waals surface area contributed by atoms with Crippen LogP contribution in [-0.4, -0.2) is 33.7 Å². The monoisotopic (exact) mass is 413 g/mol. The first-order valence-electron chi connectivity index (χ1n) is 7.52. The molecule has 134 valence electrons. The summed E-state index contributed by atoms with van der Waals surface area (Å²) in [5.41, 5.74) is 8.01. The Bertz CT molecular complexity index is 765. The molecule has 0 aliphatic carbocycles. The summed E-state index contributed by atoms with van der Waals surface area (Å²) in [6.45, 7) is 0.530. The van der Waals surface area contributed by atoms with Crippen LogP contribution in [0.1, 0.15) is 30.7 Å². The first-order valence-corrected chi connectivity index (χ1v) is 8.32. The van der Waals surface area contributed by atoms with Crippen LogP contribution in [0.15, 0.2) is 32.3 Å². The summed E-state index contributed by atoms with van der Waals surface area (Å²) in [5.74, 6) is -0.555. The molecule has 1 aromatic carbocycles. The lowest BCUT2D eigenvalue weighted by Gasteiger charge is -2.04. The number of aromatic nitrogens is 2. The summed E-state index contributed by atoms with van der Waals surface area (Å²) in [6, 6.07) is 4.07. The number of amidine groups is 1. The normalized spacial score (nSPS) is 11.6. The molecule has 0 fully saturated rings. The van der Waals surface area contributed by atoms with Gasteiger partial charge in [0.2, 0.25) is 0 Å². The zero-order valence-corrected chi connectivity index (χ0v) is 14.8. The van der Waals surface area contributed by atoms with E-state index in [4.69, 9.17) is 5.73 Å². The Kier molecular flexibility index (Phi) is 7.16. The van der Waals surface area contributed by atoms with Crippen molar-refractivity contribution in [3.63, 3.8) is 0 Å². The molecule has 0 saturated heterocycles. The van der Waals surface area contributed by atoms with E-state index < -0.39 is 5.82 Å². The van der Waals surface area contributed by atoms with Crippen molar-refractivity contribution in [2.75, 3.05) is 6.54 Å². The Labute approximate surface area is 151 Å². The van der Waals surface area contributed by atoms with E-state index in [0.717, 1.165) is 6.42 Å². The van der Waals surface area contributed by atoms with Gasteiger partial charge in [0.1, 0.15) is 17.3 Å². The summed E-state index contributed by atoms with van der Waals surface area (Å²) in [6.07, 6.45) is 1.82. The maximum Gasteiger partial charge on any atom is 0.182 e. The van der Waals surface area contributed by atoms with Gasteiger partial charge in [0.15, 0.2) is 11.5 Å². The molecule has 0 amide bonds. The third kappa shape index (κ3) is 5.41. The Hall–Kier alpha value is -2.17. The van der Waals surface area contributed by atoms with Gasteiger partial charge in [0.05, 0.1) is 16.6 Å². The van der Waals surface area contributed by atoms with E-state index in [1.165, 1.54) is 18.2 Å². The molecule has 0 bridgehead atoms. The van der Waals surface area contributed by atoms with Crippen LogP contribution in [-0.2, 0) is 11.2 Å². The van der Waals surface area contributed by atoms with Gasteiger partial charge in [-0.25, -0.2) is 14.0 Å². The average molecular weight is 414 g/mol. The summed E-state index contributed by atoms with van der Waals surface area (Å²) in [5, 5.41) is 16.7. The maximum atomic E-state index is 13.3. The lowest BCUT2D eigenvalue weighted by Crippen LogP contribution is -2.22. The molecule has 2 rings (SSSR count). The Balaban J connectivity index is 2.18. The third-order valence-electron chi connectivity index (χ3n) is 3.31. The fourth-order valence-corrected chi connectivity index (χ4v) is 2.43. The quantitative estimate of drug-likeness (QED) is 0.262. The molecule has 8 nitrogen and oxygen atoms in total. The minimum absolute atomic E-state index is 0.00276. The van der Waals surface area contributed by atoms with Crippen LogP contribution in [0.25, 0.3) is 0 Å². The Morgan fingerprint density at radius 2 is 2.20 bits per heavy atom. The number of nitrogens with two attached hydrogens (primary N) is 1. The number of Topliss-reactive ketones (excluding diaryl/α,β-unsaturated/α-hetero) is 1. The highest BCUT2D eigenvalue weighted by Crippen LogP contribution is 2.23. The van der Waals surface area contributed by atoms with Crippen molar-refractivity contribution < 1.29 is 19.0 Å². The molecule has 1 heterocycles. The Morgan fingerprint density at radius 1 is 1.40 bits per heavy atom. The van der Waals surface area contributed by atoms with E-state index >= 15 is 0 Å². The van der Waals surface area contributed by atoms with Crippen molar-refractivity contribution in [1.29, 1.82) is 0 Å². The van der Waals surface area contributed by atoms with Gasteiger partial charge < -0.3 is 5.73 Å². The van der Waals surface area contributed by atoms with Gasteiger partial charge in [-0.15, -0.1) is 0 Å². The number of carbonyl (C=O) groups is 1. The fraction of sp³-hybridized carbons (Fsp3) is 0.333. The van der Waals surface area contributed by atoms with Crippen LogP contribution in [0.5, 0.6) is 0 Å². The van der Waals surface area contributed by atoms with Gasteiger partial charge in [0.25, 0.3) is 0 Å². The van der Waals surface area contributed by atoms with Crippen LogP contribution in [0.2, 0.25) is 0 Å². The molecule has 1 aromatic heterocycles. The van der Waals surface area contributed by atoms with Gasteiger partial charge in [0, 0.05) is 6.42 Å². The van der Waals surface area contributed by atoms with Crippen molar-refractivity contribution in [1.82, 2.24) is 15.8 Å². The zero-order valence-electron chi connectivity index (χ0n) is 13.2. The van der Waals surface area contributed by atoms with Crippen LogP contribution in [0.4, 0.5) is 10.1 Å². The summed E-state index contributed by atoms with van der Waals surface area (Å²) in [4.78, 5) is 16.1. The Morgan fingerprint density at radius 3 is 2.88 bits per heavy atom. The number of hydrogen-bond acceptors (Lipinski definition) is 7. The molecule has 0 unspecified atom stereocenters. The second kappa shape index (κ2) is 9.35. The molecular formula is C15H17BrFN5O3. The fourth-order valence-electron chi connectivity index (χ4n) is 2.06. The second-order valence-electron chi connectivity index (χ2n) is 5.19. The number of carbonyl (C=O) groups excluding carboxylic acids is 1. The standard InChI is InChI=1S/C15H17BrFN5O3/c16-11-7-9(4-5-12(11)17)19-15(20-24)14-13(21-25-22-14)8-10(23)3-1-2-6-18/h4-5,7,24H,1-3,6,8,18H2,(H,19,20). The lowest BCUT2D eigenvalue weighted by molar-refractivity contribution is -0.118. The minimum Gasteiger partial charge on any atom is -0.330 e. The number of nitrogens with one attached hydrogen (secondary N) is 1. The molecule has 0 atom stereocenters. The van der Waals surface area contributed by atoms with Crippen LogP contribution in [0.3, 0.4) is 0 Å². The first-order chi connectivity index (χ1) is 12.0. The number of rotatable bonds is 8. The van der Waals surface area contributed by atoms with Crippen molar-refractivity contribution in [2.45, 2.75) is 25.7 Å². The highest BCUT2D eigenvalue weighted by molar-refractivity contribution is 9.10. The van der Waals surface area contributed by atoms with Gasteiger partial charge >= 0.3 is 0 Å². The molecule has 25 heavy (non-hydrogen) atoms. The van der Waals surface area contributed by atoms with Gasteiger partial charge in [-0.3, -0.25) is 15.5 Å². The molecule has 0 aliphatic heterocycles. The number of benzene rings is 1. The predicted octanol–water partition coefficient (Wildman–Crippen LogP) is 2.27. The molecule has 0 spiro atoms. The molecule has 0 radical (unpaired) electrons. The number of nitrogens with zero attached hydrogens (tertiary/aromatic N) is 3. The highest BCUT2D eigenvalue weighted by atomic mass is 79.9. The number of hydroxylamine groups is 1. The topological polar surface area (TPSA) is 127 Å². The molecule has 0 saturated carbocycles. The third-order valence-corrected chi connectivity index (χ3v) is 3.91. The molecular weight excluding hydrogens is 397 g/mol. The van der Waals surface area contributed by atoms with E-state index in [0.29, 0.717) is 25.1 Å². The number of halogens is 2. The summed E-state index contributed by atoms with van der Waals surface area (Å²) in [7, 11) is 0. The summed E-state index contributed by atoms with van der Waals surface area (Å²) >= 11 is 3.06. The smallest absolute Gasteiger partial charge is 0.182 e. The van der Waals surface area contributed by atoms with Crippen molar-refractivity contribution in [2.24, 2.45) is 10.7 Å². The largest absolute Gasteiger partial charge is 0.330 e. The van der Waals surface area contributed by atoms with Crippen LogP contribution < -0.4 is 11.2 Å². The van der Waals surface area contributed by atoms with E-state index in [1.54, 1.807) is 0 Å².